The van der Waals surface area contributed by atoms with Gasteiger partial charge in [-0.25, -0.2) is 0 Å². The topological polar surface area (TPSA) is 43.6 Å². The molecule has 4 nitrogen and oxygen atoms in total. The standard InChI is InChI=1S/C21H28N2O2S/c1-14-15(2)26-19(22-18(24)17-20(3,4)21(17,5)6)23(14)12-13-25-16-10-8-7-9-11-16/h7-11,17H,12-13H2,1-6H3. The fraction of sp³-hybridized carbons (Fsp3) is 0.524. The summed E-state index contributed by atoms with van der Waals surface area (Å²) in [5.74, 6) is 0.847. The molecule has 1 fully saturated rings. The molecule has 0 saturated heterocycles. The van der Waals surface area contributed by atoms with Gasteiger partial charge in [0, 0.05) is 10.6 Å². The highest BCUT2D eigenvalue weighted by atomic mass is 32.1. The fourth-order valence-electron chi connectivity index (χ4n) is 3.69. The number of carbonyl (C=O) groups is 1. The molecule has 1 saturated carbocycles. The van der Waals surface area contributed by atoms with Gasteiger partial charge in [-0.3, -0.25) is 4.79 Å². The van der Waals surface area contributed by atoms with E-state index < -0.39 is 0 Å². The Bertz CT molecular complexity index is 861. The summed E-state index contributed by atoms with van der Waals surface area (Å²) in [4.78, 5) is 19.2. The zero-order chi connectivity index (χ0) is 19.1. The first-order chi connectivity index (χ1) is 12.2. The Kier molecular flexibility index (Phi) is 4.86. The quantitative estimate of drug-likeness (QED) is 0.783. The van der Waals surface area contributed by atoms with Gasteiger partial charge < -0.3 is 9.30 Å². The third kappa shape index (κ3) is 3.25. The van der Waals surface area contributed by atoms with Crippen molar-refractivity contribution < 1.29 is 9.53 Å². The molecular formula is C21H28N2O2S. The maximum absolute atomic E-state index is 12.8. The molecule has 140 valence electrons. The van der Waals surface area contributed by atoms with E-state index in [1.165, 1.54) is 4.88 Å². The molecule has 1 aromatic heterocycles. The highest BCUT2D eigenvalue weighted by Gasteiger charge is 2.68. The van der Waals surface area contributed by atoms with E-state index in [1.807, 2.05) is 30.3 Å². The largest absolute Gasteiger partial charge is 0.492 e. The van der Waals surface area contributed by atoms with Crippen molar-refractivity contribution in [1.82, 2.24) is 4.57 Å². The van der Waals surface area contributed by atoms with E-state index in [0.29, 0.717) is 13.2 Å². The van der Waals surface area contributed by atoms with Crippen molar-refractivity contribution in [3.63, 3.8) is 0 Å². The van der Waals surface area contributed by atoms with Crippen molar-refractivity contribution in [2.45, 2.75) is 48.1 Å². The minimum Gasteiger partial charge on any atom is -0.492 e. The van der Waals surface area contributed by atoms with Gasteiger partial charge in [-0.1, -0.05) is 45.9 Å². The predicted molar refractivity (Wildman–Crippen MR) is 105 cm³/mol. The lowest BCUT2D eigenvalue weighted by atomic mass is 10.0. The molecular weight excluding hydrogens is 344 g/mol. The molecule has 1 aliphatic carbocycles. The molecule has 0 aliphatic heterocycles. The molecule has 0 spiro atoms. The van der Waals surface area contributed by atoms with Gasteiger partial charge in [0.1, 0.15) is 12.4 Å². The summed E-state index contributed by atoms with van der Waals surface area (Å²) in [5.41, 5.74) is 1.17. The minimum absolute atomic E-state index is 0.000947. The van der Waals surface area contributed by atoms with Crippen LogP contribution in [0.4, 0.5) is 0 Å². The Balaban J connectivity index is 1.78. The van der Waals surface area contributed by atoms with Crippen LogP contribution in [0.15, 0.2) is 35.3 Å². The molecule has 0 unspecified atom stereocenters. The number of para-hydroxylation sites is 1. The third-order valence-electron chi connectivity index (χ3n) is 6.19. The van der Waals surface area contributed by atoms with Crippen LogP contribution in [0.2, 0.25) is 0 Å². The lowest BCUT2D eigenvalue weighted by Gasteiger charge is -2.09. The van der Waals surface area contributed by atoms with Gasteiger partial charge in [-0.05, 0) is 36.8 Å². The van der Waals surface area contributed by atoms with E-state index in [1.54, 1.807) is 11.3 Å². The Hall–Kier alpha value is -1.88. The monoisotopic (exact) mass is 372 g/mol. The van der Waals surface area contributed by atoms with Crippen molar-refractivity contribution in [3.05, 3.63) is 45.7 Å². The molecule has 0 atom stereocenters. The summed E-state index contributed by atoms with van der Waals surface area (Å²) in [6, 6.07) is 9.78. The van der Waals surface area contributed by atoms with Gasteiger partial charge in [0.2, 0.25) is 0 Å². The number of aryl methyl sites for hydroxylation is 1. The zero-order valence-corrected chi connectivity index (χ0v) is 17.3. The Morgan fingerprint density at radius 2 is 1.77 bits per heavy atom. The molecule has 0 N–H and O–H groups in total. The van der Waals surface area contributed by atoms with Crippen LogP contribution in [-0.4, -0.2) is 17.1 Å². The van der Waals surface area contributed by atoms with Crippen LogP contribution < -0.4 is 9.54 Å². The maximum Gasteiger partial charge on any atom is 0.252 e. The number of rotatable bonds is 5. The normalized spacial score (nSPS) is 18.8. The SMILES string of the molecule is Cc1sc(=NC(=O)C2C(C)(C)C2(C)C)n(CCOc2ccccc2)c1C. The van der Waals surface area contributed by atoms with E-state index in [4.69, 9.17) is 4.74 Å². The highest BCUT2D eigenvalue weighted by molar-refractivity contribution is 7.09. The number of ether oxygens (including phenoxy) is 1. The molecule has 1 amide bonds. The Labute approximate surface area is 159 Å². The van der Waals surface area contributed by atoms with Crippen LogP contribution in [0, 0.1) is 30.6 Å². The first-order valence-corrected chi connectivity index (χ1v) is 9.91. The smallest absolute Gasteiger partial charge is 0.252 e. The van der Waals surface area contributed by atoms with Crippen LogP contribution in [0.5, 0.6) is 5.75 Å². The van der Waals surface area contributed by atoms with Crippen molar-refractivity contribution in [1.29, 1.82) is 0 Å². The molecule has 3 rings (SSSR count). The number of carbonyl (C=O) groups excluding carboxylic acids is 1. The van der Waals surface area contributed by atoms with Crippen LogP contribution in [0.25, 0.3) is 0 Å². The highest BCUT2D eigenvalue weighted by Crippen LogP contribution is 2.68. The van der Waals surface area contributed by atoms with Crippen molar-refractivity contribution in [3.8, 4) is 5.75 Å². The number of aromatic nitrogens is 1. The van der Waals surface area contributed by atoms with E-state index in [0.717, 1.165) is 16.2 Å². The lowest BCUT2D eigenvalue weighted by molar-refractivity contribution is -0.120. The van der Waals surface area contributed by atoms with Crippen LogP contribution in [0.3, 0.4) is 0 Å². The average molecular weight is 373 g/mol. The fourth-order valence-corrected chi connectivity index (χ4v) is 4.70. The van der Waals surface area contributed by atoms with Crippen LogP contribution in [-0.2, 0) is 11.3 Å². The van der Waals surface area contributed by atoms with E-state index in [9.17, 15) is 4.79 Å². The van der Waals surface area contributed by atoms with Gasteiger partial charge in [-0.15, -0.1) is 11.3 Å². The number of benzene rings is 1. The summed E-state index contributed by atoms with van der Waals surface area (Å²) in [6.07, 6.45) is 0. The molecule has 26 heavy (non-hydrogen) atoms. The summed E-state index contributed by atoms with van der Waals surface area (Å²) < 4.78 is 7.92. The second-order valence-corrected chi connectivity index (χ2v) is 9.35. The average Bonchev–Trinajstić information content (AvgIpc) is 2.84. The van der Waals surface area contributed by atoms with E-state index in [-0.39, 0.29) is 22.7 Å². The molecule has 1 aromatic carbocycles. The van der Waals surface area contributed by atoms with Crippen LogP contribution in [0.1, 0.15) is 38.3 Å². The van der Waals surface area contributed by atoms with Crippen molar-refractivity contribution in [2.24, 2.45) is 21.7 Å². The van der Waals surface area contributed by atoms with Gasteiger partial charge in [0.15, 0.2) is 4.80 Å². The Morgan fingerprint density at radius 1 is 1.15 bits per heavy atom. The summed E-state index contributed by atoms with van der Waals surface area (Å²) >= 11 is 1.58. The second kappa shape index (κ2) is 6.69. The molecule has 1 heterocycles. The maximum atomic E-state index is 12.8. The van der Waals surface area contributed by atoms with Gasteiger partial charge >= 0.3 is 0 Å². The van der Waals surface area contributed by atoms with Crippen molar-refractivity contribution in [2.75, 3.05) is 6.61 Å². The third-order valence-corrected chi connectivity index (χ3v) is 7.29. The zero-order valence-electron chi connectivity index (χ0n) is 16.5. The number of hydrogen-bond acceptors (Lipinski definition) is 3. The number of nitrogens with zero attached hydrogens (tertiary/aromatic N) is 2. The summed E-state index contributed by atoms with van der Waals surface area (Å²) in [5, 5.41) is 0. The predicted octanol–water partition coefficient (Wildman–Crippen LogP) is 4.35. The number of hydrogen-bond donors (Lipinski definition) is 0. The van der Waals surface area contributed by atoms with E-state index in [2.05, 4.69) is 51.1 Å². The van der Waals surface area contributed by atoms with Gasteiger partial charge in [0.05, 0.1) is 12.5 Å². The second-order valence-electron chi connectivity index (χ2n) is 8.17. The van der Waals surface area contributed by atoms with Gasteiger partial charge in [-0.2, -0.15) is 4.99 Å². The van der Waals surface area contributed by atoms with E-state index >= 15 is 0 Å². The van der Waals surface area contributed by atoms with Crippen LogP contribution >= 0.6 is 11.3 Å². The first kappa shape index (κ1) is 18.9. The van der Waals surface area contributed by atoms with Gasteiger partial charge in [0.25, 0.3) is 5.91 Å². The Morgan fingerprint density at radius 3 is 2.35 bits per heavy atom. The lowest BCUT2D eigenvalue weighted by Crippen LogP contribution is -2.22. The molecule has 5 heteroatoms. The summed E-state index contributed by atoms with van der Waals surface area (Å²) in [7, 11) is 0. The minimum atomic E-state index is -0.00766. The number of amides is 1. The molecule has 0 bridgehead atoms. The number of thiazole rings is 1. The molecule has 1 aliphatic rings. The first-order valence-electron chi connectivity index (χ1n) is 9.09. The molecule has 2 aromatic rings. The molecule has 0 radical (unpaired) electrons. The summed E-state index contributed by atoms with van der Waals surface area (Å²) in [6.45, 7) is 14.0. The van der Waals surface area contributed by atoms with Crippen molar-refractivity contribution >= 4 is 17.2 Å².